The normalized spacial score (nSPS) is 54.9. The lowest BCUT2D eigenvalue weighted by atomic mass is 10.4. The van der Waals surface area contributed by atoms with Crippen LogP contribution in [0.3, 0.4) is 0 Å². The summed E-state index contributed by atoms with van der Waals surface area (Å²) in [5.74, 6) is 4.03. The second-order valence-corrected chi connectivity index (χ2v) is 8.64. The average molecular weight is 282 g/mol. The van der Waals surface area contributed by atoms with Crippen LogP contribution in [0.25, 0.3) is 0 Å². The first kappa shape index (κ1) is 14.4. The molecule has 0 aromatic heterocycles. The Morgan fingerprint density at radius 3 is 0.842 bits per heavy atom. The van der Waals surface area contributed by atoms with E-state index in [1.807, 2.05) is 0 Å². The molecule has 0 spiro atoms. The van der Waals surface area contributed by atoms with Crippen LogP contribution in [0, 0.1) is 35.5 Å². The Labute approximate surface area is 122 Å². The van der Waals surface area contributed by atoms with Gasteiger partial charge in [0.25, 0.3) is 0 Å². The van der Waals surface area contributed by atoms with Gasteiger partial charge in [-0.15, -0.1) is 0 Å². The molecule has 3 fully saturated rings. The highest BCUT2D eigenvalue weighted by Gasteiger charge is 2.57. The fourth-order valence-corrected chi connectivity index (χ4v) is 5.53. The quantitative estimate of drug-likeness (QED) is 0.701. The van der Waals surface area contributed by atoms with E-state index in [4.69, 9.17) is 11.4 Å². The summed E-state index contributed by atoms with van der Waals surface area (Å²) in [6.45, 7) is 13.5. The molecule has 108 valence electrons. The summed E-state index contributed by atoms with van der Waals surface area (Å²) in [7, 11) is 0. The van der Waals surface area contributed by atoms with E-state index in [1.165, 1.54) is 0 Å². The second-order valence-electron chi connectivity index (χ2n) is 7.25. The van der Waals surface area contributed by atoms with Crippen molar-refractivity contribution >= 4 is 15.1 Å². The first-order valence-corrected chi connectivity index (χ1v) is 9.29. The van der Waals surface area contributed by atoms with Crippen LogP contribution < -0.4 is 0 Å². The van der Waals surface area contributed by atoms with Crippen LogP contribution in [-0.4, -0.2) is 33.5 Å². The highest BCUT2D eigenvalue weighted by Crippen LogP contribution is 2.46. The molecule has 3 aliphatic carbocycles. The summed E-state index contributed by atoms with van der Waals surface area (Å²) in [6.07, 6.45) is 1.14. The van der Waals surface area contributed by atoms with Crippen molar-refractivity contribution in [3.63, 3.8) is 0 Å². The second kappa shape index (κ2) is 5.00. The predicted molar refractivity (Wildman–Crippen MR) is 75.4 cm³/mol. The van der Waals surface area contributed by atoms with Gasteiger partial charge in [-0.25, -0.2) is 0 Å². The Kier molecular flexibility index (Phi) is 3.78. The molecule has 4 heteroatoms. The van der Waals surface area contributed by atoms with Crippen molar-refractivity contribution in [1.29, 1.82) is 0 Å². The molecule has 0 heterocycles. The van der Waals surface area contributed by atoms with Gasteiger partial charge in [0.15, 0.2) is 0 Å². The predicted octanol–water partition coefficient (Wildman–Crippen LogP) is 2.98. The zero-order valence-electron chi connectivity index (χ0n) is 13.0. The minimum absolute atomic E-state index is 0.380. The highest BCUT2D eigenvalue weighted by molar-refractivity contribution is 6.36. The maximum absolute atomic E-state index is 6.18. The van der Waals surface area contributed by atoms with E-state index in [-0.39, 0.29) is 0 Å². The van der Waals surface area contributed by atoms with E-state index in [1.54, 1.807) is 0 Å². The SMILES string of the molecule is CC1C(C)C1[O][Al]([O]C1C(C)C1C)[O]C1C(C)C1C. The maximum atomic E-state index is 6.18. The largest absolute Gasteiger partial charge is 0.906 e. The third-order valence-electron chi connectivity index (χ3n) is 5.98. The molecule has 0 aromatic carbocycles. The van der Waals surface area contributed by atoms with Crippen LogP contribution >= 0.6 is 0 Å². The average Bonchev–Trinajstić information content (AvgIpc) is 3.27. The van der Waals surface area contributed by atoms with E-state index in [0.29, 0.717) is 53.8 Å². The molecule has 3 rings (SSSR count). The summed E-state index contributed by atoms with van der Waals surface area (Å²) in [5, 5.41) is 0. The van der Waals surface area contributed by atoms with Gasteiger partial charge in [-0.05, 0) is 35.5 Å². The van der Waals surface area contributed by atoms with Crippen molar-refractivity contribution < 1.29 is 11.4 Å². The summed E-state index contributed by atoms with van der Waals surface area (Å²) in [5.41, 5.74) is 0. The van der Waals surface area contributed by atoms with Crippen LogP contribution in [0.15, 0.2) is 0 Å². The molecular weight excluding hydrogens is 255 g/mol. The monoisotopic (exact) mass is 282 g/mol. The molecule has 3 nitrogen and oxygen atoms in total. The van der Waals surface area contributed by atoms with Gasteiger partial charge >= 0.3 is 15.1 Å². The lowest BCUT2D eigenvalue weighted by Crippen LogP contribution is -2.32. The van der Waals surface area contributed by atoms with Crippen molar-refractivity contribution in [2.24, 2.45) is 35.5 Å². The van der Waals surface area contributed by atoms with E-state index in [2.05, 4.69) is 41.5 Å². The molecule has 0 N–H and O–H groups in total. The van der Waals surface area contributed by atoms with Crippen LogP contribution in [0.4, 0.5) is 0 Å². The van der Waals surface area contributed by atoms with Gasteiger partial charge < -0.3 is 11.4 Å². The number of hydrogen-bond donors (Lipinski definition) is 0. The molecule has 19 heavy (non-hydrogen) atoms. The molecule has 0 amide bonds. The topological polar surface area (TPSA) is 27.7 Å². The minimum Gasteiger partial charge on any atom is -0.451 e. The lowest BCUT2D eigenvalue weighted by molar-refractivity contribution is 0.0593. The van der Waals surface area contributed by atoms with Crippen LogP contribution in [-0.2, 0) is 11.4 Å². The number of rotatable bonds is 6. The Balaban J connectivity index is 1.53. The molecule has 3 saturated carbocycles. The van der Waals surface area contributed by atoms with E-state index in [0.717, 1.165) is 0 Å². The van der Waals surface area contributed by atoms with E-state index in [9.17, 15) is 0 Å². The van der Waals surface area contributed by atoms with Gasteiger partial charge in [0, 0.05) is 18.3 Å². The van der Waals surface area contributed by atoms with E-state index >= 15 is 0 Å². The minimum atomic E-state index is -1.95. The Bertz CT molecular complexity index is 274. The molecule has 6 unspecified atom stereocenters. The molecule has 0 aromatic rings. The van der Waals surface area contributed by atoms with Crippen molar-refractivity contribution in [2.75, 3.05) is 0 Å². The van der Waals surface area contributed by atoms with Gasteiger partial charge in [0.2, 0.25) is 0 Å². The fourth-order valence-electron chi connectivity index (χ4n) is 3.08. The summed E-state index contributed by atoms with van der Waals surface area (Å²) < 4.78 is 18.5. The van der Waals surface area contributed by atoms with Crippen molar-refractivity contribution in [3.8, 4) is 0 Å². The Hall–Kier alpha value is 0.412. The summed E-state index contributed by atoms with van der Waals surface area (Å²) >= 11 is -1.95. The smallest absolute Gasteiger partial charge is 0.451 e. The Morgan fingerprint density at radius 2 is 0.684 bits per heavy atom. The van der Waals surface area contributed by atoms with E-state index < -0.39 is 15.1 Å². The zero-order chi connectivity index (χ0) is 13.9. The molecular formula is C15H27AlO3. The van der Waals surface area contributed by atoms with Crippen LogP contribution in [0.5, 0.6) is 0 Å². The molecule has 0 bridgehead atoms. The molecule has 3 aliphatic rings. The molecule has 0 aliphatic heterocycles. The standard InChI is InChI=1S/3C5H9O.Al/c3*1-3-4(2)5(3)6;/h3*3-5H,1-2H3;/q3*-1;+3. The molecule has 0 radical (unpaired) electrons. The van der Waals surface area contributed by atoms with Gasteiger partial charge in [-0.2, -0.15) is 0 Å². The fraction of sp³-hybridized carbons (Fsp3) is 1.00. The van der Waals surface area contributed by atoms with Crippen molar-refractivity contribution in [3.05, 3.63) is 0 Å². The van der Waals surface area contributed by atoms with Gasteiger partial charge in [-0.3, -0.25) is 0 Å². The van der Waals surface area contributed by atoms with Crippen molar-refractivity contribution in [1.82, 2.24) is 0 Å². The van der Waals surface area contributed by atoms with Crippen molar-refractivity contribution in [2.45, 2.75) is 59.9 Å². The third kappa shape index (κ3) is 2.76. The first-order valence-electron chi connectivity index (χ1n) is 7.88. The molecule has 6 atom stereocenters. The maximum Gasteiger partial charge on any atom is 0.906 e. The number of hydrogen-bond acceptors (Lipinski definition) is 3. The first-order chi connectivity index (χ1) is 8.91. The van der Waals surface area contributed by atoms with Gasteiger partial charge in [-0.1, -0.05) is 41.5 Å². The highest BCUT2D eigenvalue weighted by atomic mass is 27.3. The summed E-state index contributed by atoms with van der Waals surface area (Å²) in [6, 6.07) is 0. The van der Waals surface area contributed by atoms with Gasteiger partial charge in [0.1, 0.15) is 0 Å². The third-order valence-corrected chi connectivity index (χ3v) is 7.59. The molecule has 0 saturated heterocycles. The summed E-state index contributed by atoms with van der Waals surface area (Å²) in [4.78, 5) is 0. The van der Waals surface area contributed by atoms with Crippen LogP contribution in [0.1, 0.15) is 41.5 Å². The zero-order valence-corrected chi connectivity index (χ0v) is 14.2. The Morgan fingerprint density at radius 1 is 0.474 bits per heavy atom. The van der Waals surface area contributed by atoms with Crippen LogP contribution in [0.2, 0.25) is 0 Å². The van der Waals surface area contributed by atoms with Gasteiger partial charge in [0.05, 0.1) is 0 Å². The lowest BCUT2D eigenvalue weighted by Gasteiger charge is -2.14.